The first kappa shape index (κ1) is 24.2. The van der Waals surface area contributed by atoms with E-state index in [1.807, 2.05) is 78.9 Å². The lowest BCUT2D eigenvalue weighted by Crippen LogP contribution is -2.20. The monoisotopic (exact) mass is 583 g/mol. The molecule has 6 aromatic rings. The van der Waals surface area contributed by atoms with Gasteiger partial charge in [0, 0.05) is 20.4 Å². The SMILES string of the molecule is O=c1c2ccccc2nc(-c2cc3cc(Br)ccc3o2)n1N=Cc1ccc(OCc2ccccc2Cl)cc1. The third-order valence-electron chi connectivity index (χ3n) is 6.01. The van der Waals surface area contributed by atoms with Crippen molar-refractivity contribution in [3.8, 4) is 17.3 Å². The van der Waals surface area contributed by atoms with Crippen molar-refractivity contribution in [3.63, 3.8) is 0 Å². The van der Waals surface area contributed by atoms with E-state index in [4.69, 9.17) is 25.7 Å². The van der Waals surface area contributed by atoms with Crippen molar-refractivity contribution < 1.29 is 9.15 Å². The molecule has 0 atom stereocenters. The average molecular weight is 585 g/mol. The van der Waals surface area contributed by atoms with Crippen LogP contribution in [0.5, 0.6) is 5.75 Å². The van der Waals surface area contributed by atoms with Crippen molar-refractivity contribution in [1.82, 2.24) is 9.66 Å². The normalized spacial score (nSPS) is 11.5. The molecular weight excluding hydrogens is 566 g/mol. The quantitative estimate of drug-likeness (QED) is 0.188. The zero-order valence-electron chi connectivity index (χ0n) is 19.8. The molecule has 0 aliphatic rings. The molecule has 2 heterocycles. The summed E-state index contributed by atoms with van der Waals surface area (Å²) in [7, 11) is 0. The van der Waals surface area contributed by atoms with Gasteiger partial charge in [0.15, 0.2) is 5.76 Å². The highest BCUT2D eigenvalue weighted by atomic mass is 79.9. The predicted molar refractivity (Wildman–Crippen MR) is 154 cm³/mol. The van der Waals surface area contributed by atoms with Crippen LogP contribution in [0.1, 0.15) is 11.1 Å². The van der Waals surface area contributed by atoms with Crippen LogP contribution in [0.3, 0.4) is 0 Å². The van der Waals surface area contributed by atoms with Crippen LogP contribution in [0.2, 0.25) is 5.02 Å². The molecule has 6 rings (SSSR count). The Bertz CT molecular complexity index is 1880. The first-order chi connectivity index (χ1) is 18.5. The fourth-order valence-electron chi connectivity index (χ4n) is 4.07. The number of fused-ring (bicyclic) bond motifs is 2. The molecule has 0 radical (unpaired) electrons. The Morgan fingerprint density at radius 1 is 0.974 bits per heavy atom. The minimum atomic E-state index is -0.289. The highest BCUT2D eigenvalue weighted by Crippen LogP contribution is 2.29. The van der Waals surface area contributed by atoms with Gasteiger partial charge in [-0.3, -0.25) is 4.79 Å². The maximum absolute atomic E-state index is 13.4. The molecule has 4 aromatic carbocycles. The first-order valence-electron chi connectivity index (χ1n) is 11.8. The van der Waals surface area contributed by atoms with Crippen molar-refractivity contribution in [2.45, 2.75) is 6.61 Å². The van der Waals surface area contributed by atoms with Crippen LogP contribution in [-0.4, -0.2) is 15.9 Å². The van der Waals surface area contributed by atoms with Gasteiger partial charge < -0.3 is 9.15 Å². The van der Waals surface area contributed by atoms with E-state index in [1.165, 1.54) is 4.68 Å². The van der Waals surface area contributed by atoms with E-state index in [1.54, 1.807) is 24.4 Å². The number of para-hydroxylation sites is 1. The second-order valence-corrected chi connectivity index (χ2v) is 9.88. The van der Waals surface area contributed by atoms with Crippen LogP contribution in [0.15, 0.2) is 116 Å². The fraction of sp³-hybridized carbons (Fsp3) is 0.0333. The molecule has 0 saturated carbocycles. The zero-order chi connectivity index (χ0) is 26.1. The van der Waals surface area contributed by atoms with Crippen LogP contribution in [-0.2, 0) is 6.61 Å². The molecular formula is C30H19BrClN3O3. The highest BCUT2D eigenvalue weighted by Gasteiger charge is 2.16. The molecule has 6 nitrogen and oxygen atoms in total. The second kappa shape index (κ2) is 10.3. The third-order valence-corrected chi connectivity index (χ3v) is 6.87. The first-order valence-corrected chi connectivity index (χ1v) is 12.9. The fourth-order valence-corrected chi connectivity index (χ4v) is 4.63. The van der Waals surface area contributed by atoms with Gasteiger partial charge in [-0.2, -0.15) is 9.78 Å². The van der Waals surface area contributed by atoms with Crippen molar-refractivity contribution in [2.24, 2.45) is 5.10 Å². The molecule has 0 unspecified atom stereocenters. The molecule has 2 aromatic heterocycles. The van der Waals surface area contributed by atoms with Gasteiger partial charge in [-0.05, 0) is 72.3 Å². The van der Waals surface area contributed by atoms with E-state index >= 15 is 0 Å². The lowest BCUT2D eigenvalue weighted by atomic mass is 10.2. The minimum absolute atomic E-state index is 0.289. The van der Waals surface area contributed by atoms with E-state index in [0.717, 1.165) is 21.0 Å². The van der Waals surface area contributed by atoms with E-state index in [2.05, 4.69) is 21.0 Å². The summed E-state index contributed by atoms with van der Waals surface area (Å²) in [4.78, 5) is 18.2. The Morgan fingerprint density at radius 2 is 1.76 bits per heavy atom. The summed E-state index contributed by atoms with van der Waals surface area (Å²) >= 11 is 9.70. The van der Waals surface area contributed by atoms with Gasteiger partial charge in [-0.1, -0.05) is 57.9 Å². The van der Waals surface area contributed by atoms with Gasteiger partial charge in [0.1, 0.15) is 17.9 Å². The van der Waals surface area contributed by atoms with Crippen LogP contribution < -0.4 is 10.3 Å². The number of ether oxygens (including phenoxy) is 1. The largest absolute Gasteiger partial charge is 0.489 e. The topological polar surface area (TPSA) is 69.6 Å². The summed E-state index contributed by atoms with van der Waals surface area (Å²) in [5.74, 6) is 1.46. The van der Waals surface area contributed by atoms with E-state index in [9.17, 15) is 4.79 Å². The maximum Gasteiger partial charge on any atom is 0.282 e. The Labute approximate surface area is 230 Å². The molecule has 186 valence electrons. The molecule has 0 spiro atoms. The van der Waals surface area contributed by atoms with E-state index in [0.29, 0.717) is 45.4 Å². The van der Waals surface area contributed by atoms with Gasteiger partial charge in [0.05, 0.1) is 17.1 Å². The van der Waals surface area contributed by atoms with Crippen LogP contribution >= 0.6 is 27.5 Å². The standard InChI is InChI=1S/C30H19BrClN3O3/c31-22-11-14-27-21(15-22)16-28(38-27)29-34-26-8-4-2-6-24(26)30(36)35(29)33-17-19-9-12-23(13-10-19)37-18-20-5-1-3-7-25(20)32/h1-17H,18H2. The third kappa shape index (κ3) is 4.86. The van der Waals surface area contributed by atoms with Gasteiger partial charge >= 0.3 is 0 Å². The number of hydrogen-bond donors (Lipinski definition) is 0. The smallest absolute Gasteiger partial charge is 0.282 e. The van der Waals surface area contributed by atoms with Crippen molar-refractivity contribution in [3.05, 3.63) is 128 Å². The lowest BCUT2D eigenvalue weighted by Gasteiger charge is -2.08. The molecule has 0 saturated heterocycles. The van der Waals surface area contributed by atoms with Crippen molar-refractivity contribution in [1.29, 1.82) is 0 Å². The molecule has 38 heavy (non-hydrogen) atoms. The number of rotatable bonds is 6. The summed E-state index contributed by atoms with van der Waals surface area (Å²) in [5, 5.41) is 6.54. The number of furan rings is 1. The number of nitrogens with zero attached hydrogens (tertiary/aromatic N) is 3. The number of hydrogen-bond acceptors (Lipinski definition) is 5. The summed E-state index contributed by atoms with van der Waals surface area (Å²) in [6, 6.07) is 29.7. The van der Waals surface area contributed by atoms with E-state index < -0.39 is 0 Å². The van der Waals surface area contributed by atoms with Crippen molar-refractivity contribution >= 4 is 55.6 Å². The molecule has 0 aliphatic heterocycles. The number of aromatic nitrogens is 2. The van der Waals surface area contributed by atoms with Crippen LogP contribution in [0.4, 0.5) is 0 Å². The second-order valence-electron chi connectivity index (χ2n) is 8.56. The Balaban J connectivity index is 1.33. The van der Waals surface area contributed by atoms with Gasteiger partial charge in [0.2, 0.25) is 5.82 Å². The Morgan fingerprint density at radius 3 is 2.61 bits per heavy atom. The van der Waals surface area contributed by atoms with Crippen LogP contribution in [0.25, 0.3) is 33.5 Å². The molecule has 0 fully saturated rings. The zero-order valence-corrected chi connectivity index (χ0v) is 22.2. The van der Waals surface area contributed by atoms with Gasteiger partial charge in [-0.15, -0.1) is 0 Å². The van der Waals surface area contributed by atoms with Gasteiger partial charge in [-0.25, -0.2) is 4.98 Å². The maximum atomic E-state index is 13.4. The predicted octanol–water partition coefficient (Wildman–Crippen LogP) is 7.69. The molecule has 0 bridgehead atoms. The number of halogens is 2. The minimum Gasteiger partial charge on any atom is -0.489 e. The summed E-state index contributed by atoms with van der Waals surface area (Å²) in [6.45, 7) is 0.364. The van der Waals surface area contributed by atoms with E-state index in [-0.39, 0.29) is 5.56 Å². The lowest BCUT2D eigenvalue weighted by molar-refractivity contribution is 0.306. The summed E-state index contributed by atoms with van der Waals surface area (Å²) in [5.41, 5.74) is 2.67. The molecule has 0 amide bonds. The summed E-state index contributed by atoms with van der Waals surface area (Å²) in [6.07, 6.45) is 1.61. The molecule has 0 N–H and O–H groups in total. The van der Waals surface area contributed by atoms with Crippen LogP contribution in [0, 0.1) is 0 Å². The number of benzene rings is 4. The highest BCUT2D eigenvalue weighted by molar-refractivity contribution is 9.10. The molecule has 8 heteroatoms. The Kier molecular flexibility index (Phi) is 6.54. The van der Waals surface area contributed by atoms with Crippen molar-refractivity contribution in [2.75, 3.05) is 0 Å². The molecule has 0 aliphatic carbocycles. The summed E-state index contributed by atoms with van der Waals surface area (Å²) < 4.78 is 14.1. The Hall–Kier alpha value is -4.20. The average Bonchev–Trinajstić information content (AvgIpc) is 3.36. The van der Waals surface area contributed by atoms with Gasteiger partial charge in [0.25, 0.3) is 5.56 Å².